The van der Waals surface area contributed by atoms with Crippen LogP contribution in [0.4, 0.5) is 0 Å². The molecule has 3 rings (SSSR count). The SMILES string of the molecule is COc1ccccc1OCC(=O)N(Cc1nc(-c2ccccc2)no1)C(C)(C)C. The fraction of sp³-hybridized carbons (Fsp3) is 0.318. The Kier molecular flexibility index (Phi) is 6.16. The number of methoxy groups -OCH3 is 1. The van der Waals surface area contributed by atoms with Crippen molar-refractivity contribution in [3.63, 3.8) is 0 Å². The van der Waals surface area contributed by atoms with E-state index in [1.165, 1.54) is 0 Å². The van der Waals surface area contributed by atoms with Gasteiger partial charge in [0.1, 0.15) is 6.54 Å². The predicted octanol–water partition coefficient (Wildman–Crippen LogP) is 3.95. The summed E-state index contributed by atoms with van der Waals surface area (Å²) in [5, 5.41) is 4.03. The van der Waals surface area contributed by atoms with E-state index in [9.17, 15) is 4.79 Å². The van der Waals surface area contributed by atoms with Gasteiger partial charge in [-0.15, -0.1) is 0 Å². The van der Waals surface area contributed by atoms with Crippen LogP contribution >= 0.6 is 0 Å². The van der Waals surface area contributed by atoms with Crippen LogP contribution in [0.2, 0.25) is 0 Å². The highest BCUT2D eigenvalue weighted by Gasteiger charge is 2.29. The number of ether oxygens (including phenoxy) is 2. The van der Waals surface area contributed by atoms with Gasteiger partial charge >= 0.3 is 0 Å². The summed E-state index contributed by atoms with van der Waals surface area (Å²) in [6, 6.07) is 16.8. The quantitative estimate of drug-likeness (QED) is 0.603. The van der Waals surface area contributed by atoms with Gasteiger partial charge in [-0.3, -0.25) is 4.79 Å². The summed E-state index contributed by atoms with van der Waals surface area (Å²) < 4.78 is 16.3. The van der Waals surface area contributed by atoms with E-state index in [2.05, 4.69) is 10.1 Å². The minimum atomic E-state index is -0.456. The summed E-state index contributed by atoms with van der Waals surface area (Å²) in [7, 11) is 1.56. The number of carbonyl (C=O) groups is 1. The lowest BCUT2D eigenvalue weighted by Crippen LogP contribution is -2.47. The van der Waals surface area contributed by atoms with E-state index in [4.69, 9.17) is 14.0 Å². The smallest absolute Gasteiger partial charge is 0.261 e. The van der Waals surface area contributed by atoms with Crippen molar-refractivity contribution in [3.05, 3.63) is 60.5 Å². The Morgan fingerprint density at radius 1 is 1.03 bits per heavy atom. The second-order valence-electron chi connectivity index (χ2n) is 7.47. The van der Waals surface area contributed by atoms with Crippen LogP contribution in [-0.2, 0) is 11.3 Å². The molecule has 0 saturated carbocycles. The minimum absolute atomic E-state index is 0.128. The van der Waals surface area contributed by atoms with Crippen molar-refractivity contribution in [2.75, 3.05) is 13.7 Å². The molecule has 1 amide bonds. The van der Waals surface area contributed by atoms with Crippen LogP contribution in [-0.4, -0.2) is 40.2 Å². The third kappa shape index (κ3) is 5.13. The number of aromatic nitrogens is 2. The first-order valence-electron chi connectivity index (χ1n) is 9.33. The normalized spacial score (nSPS) is 11.2. The highest BCUT2D eigenvalue weighted by Crippen LogP contribution is 2.26. The molecule has 1 aromatic heterocycles. The monoisotopic (exact) mass is 395 g/mol. The summed E-state index contributed by atoms with van der Waals surface area (Å²) in [5.74, 6) is 1.76. The topological polar surface area (TPSA) is 77.7 Å². The van der Waals surface area contributed by atoms with E-state index in [-0.39, 0.29) is 19.1 Å². The van der Waals surface area contributed by atoms with Gasteiger partial charge in [0.15, 0.2) is 18.1 Å². The van der Waals surface area contributed by atoms with Crippen molar-refractivity contribution in [1.82, 2.24) is 15.0 Å². The zero-order valence-corrected chi connectivity index (χ0v) is 17.1. The molecule has 7 nitrogen and oxygen atoms in total. The zero-order chi connectivity index (χ0) is 20.9. The zero-order valence-electron chi connectivity index (χ0n) is 17.1. The maximum atomic E-state index is 12.9. The first kappa shape index (κ1) is 20.4. The average Bonchev–Trinajstić information content (AvgIpc) is 3.19. The average molecular weight is 395 g/mol. The van der Waals surface area contributed by atoms with E-state index in [1.807, 2.05) is 63.2 Å². The molecule has 0 saturated heterocycles. The predicted molar refractivity (Wildman–Crippen MR) is 109 cm³/mol. The maximum absolute atomic E-state index is 12.9. The van der Waals surface area contributed by atoms with Crippen LogP contribution in [0, 0.1) is 0 Å². The van der Waals surface area contributed by atoms with Crippen molar-refractivity contribution in [1.29, 1.82) is 0 Å². The van der Waals surface area contributed by atoms with E-state index in [1.54, 1.807) is 24.1 Å². The summed E-state index contributed by atoms with van der Waals surface area (Å²) in [6.45, 7) is 5.90. The summed E-state index contributed by atoms with van der Waals surface area (Å²) in [6.07, 6.45) is 0. The van der Waals surface area contributed by atoms with Crippen LogP contribution in [0.25, 0.3) is 11.4 Å². The second-order valence-corrected chi connectivity index (χ2v) is 7.47. The van der Waals surface area contributed by atoms with Gasteiger partial charge in [-0.25, -0.2) is 0 Å². The van der Waals surface area contributed by atoms with E-state index in [0.717, 1.165) is 5.56 Å². The Labute approximate surface area is 170 Å². The van der Waals surface area contributed by atoms with Gasteiger partial charge in [0.2, 0.25) is 11.7 Å². The van der Waals surface area contributed by atoms with Crippen molar-refractivity contribution < 1.29 is 18.8 Å². The molecule has 0 radical (unpaired) electrons. The lowest BCUT2D eigenvalue weighted by molar-refractivity contribution is -0.139. The first-order valence-corrected chi connectivity index (χ1v) is 9.33. The van der Waals surface area contributed by atoms with Crippen LogP contribution in [0.1, 0.15) is 26.7 Å². The number of benzene rings is 2. The third-order valence-corrected chi connectivity index (χ3v) is 4.32. The molecule has 3 aromatic rings. The fourth-order valence-electron chi connectivity index (χ4n) is 2.81. The molecule has 0 atom stereocenters. The van der Waals surface area contributed by atoms with Crippen molar-refractivity contribution in [3.8, 4) is 22.9 Å². The molecule has 0 aliphatic carbocycles. The Morgan fingerprint density at radius 3 is 2.34 bits per heavy atom. The van der Waals surface area contributed by atoms with Crippen molar-refractivity contribution in [2.24, 2.45) is 0 Å². The lowest BCUT2D eigenvalue weighted by Gasteiger charge is -2.34. The molecule has 0 fully saturated rings. The van der Waals surface area contributed by atoms with E-state index >= 15 is 0 Å². The van der Waals surface area contributed by atoms with Gasteiger partial charge in [-0.2, -0.15) is 4.98 Å². The van der Waals surface area contributed by atoms with Crippen LogP contribution < -0.4 is 9.47 Å². The molecule has 0 aliphatic rings. The Balaban J connectivity index is 1.71. The minimum Gasteiger partial charge on any atom is -0.493 e. The Bertz CT molecular complexity index is 948. The van der Waals surface area contributed by atoms with Gasteiger partial charge in [0.25, 0.3) is 5.91 Å². The molecule has 0 unspecified atom stereocenters. The second kappa shape index (κ2) is 8.77. The molecule has 1 heterocycles. The number of para-hydroxylation sites is 2. The van der Waals surface area contributed by atoms with Crippen LogP contribution in [0.3, 0.4) is 0 Å². The molecule has 0 aliphatic heterocycles. The highest BCUT2D eigenvalue weighted by atomic mass is 16.5. The van der Waals surface area contributed by atoms with Gasteiger partial charge < -0.3 is 18.9 Å². The lowest BCUT2D eigenvalue weighted by atomic mass is 10.1. The summed E-state index contributed by atoms with van der Waals surface area (Å²) in [5.41, 5.74) is 0.401. The first-order chi connectivity index (χ1) is 13.9. The number of nitrogens with zero attached hydrogens (tertiary/aromatic N) is 3. The maximum Gasteiger partial charge on any atom is 0.261 e. The molecular formula is C22H25N3O4. The van der Waals surface area contributed by atoms with Crippen molar-refractivity contribution in [2.45, 2.75) is 32.9 Å². The van der Waals surface area contributed by atoms with Gasteiger partial charge in [-0.05, 0) is 32.9 Å². The molecule has 2 aromatic carbocycles. The van der Waals surface area contributed by atoms with E-state index < -0.39 is 5.54 Å². The number of amides is 1. The third-order valence-electron chi connectivity index (χ3n) is 4.32. The standard InChI is InChI=1S/C22H25N3O4/c1-22(2,3)25(20(26)15-28-18-13-9-8-12-17(18)27-4)14-19-23-21(24-29-19)16-10-6-5-7-11-16/h5-13H,14-15H2,1-4H3. The molecule has 0 spiro atoms. The Morgan fingerprint density at radius 2 is 1.69 bits per heavy atom. The number of hydrogen-bond acceptors (Lipinski definition) is 6. The molecular weight excluding hydrogens is 370 g/mol. The van der Waals surface area contributed by atoms with Gasteiger partial charge in [-0.1, -0.05) is 47.6 Å². The highest BCUT2D eigenvalue weighted by molar-refractivity contribution is 5.78. The van der Waals surface area contributed by atoms with Crippen LogP contribution in [0.15, 0.2) is 59.1 Å². The molecule has 7 heteroatoms. The Hall–Kier alpha value is -3.35. The van der Waals surface area contributed by atoms with Gasteiger partial charge in [0, 0.05) is 11.1 Å². The molecule has 0 bridgehead atoms. The van der Waals surface area contributed by atoms with Gasteiger partial charge in [0.05, 0.1) is 7.11 Å². The number of rotatable bonds is 7. The summed E-state index contributed by atoms with van der Waals surface area (Å²) in [4.78, 5) is 19.0. The summed E-state index contributed by atoms with van der Waals surface area (Å²) >= 11 is 0. The largest absolute Gasteiger partial charge is 0.493 e. The fourth-order valence-corrected chi connectivity index (χ4v) is 2.81. The van der Waals surface area contributed by atoms with Crippen LogP contribution in [0.5, 0.6) is 11.5 Å². The molecule has 0 N–H and O–H groups in total. The molecule has 29 heavy (non-hydrogen) atoms. The van der Waals surface area contributed by atoms with Crippen molar-refractivity contribution >= 4 is 5.91 Å². The van der Waals surface area contributed by atoms with E-state index in [0.29, 0.717) is 23.2 Å². The molecule has 152 valence electrons. The number of carbonyl (C=O) groups excluding carboxylic acids is 1. The number of hydrogen-bond donors (Lipinski definition) is 0.